The molecule has 1 saturated heterocycles. The van der Waals surface area contributed by atoms with Crippen LogP contribution in [0.1, 0.15) is 24.0 Å². The Kier molecular flexibility index (Phi) is 7.25. The third-order valence-electron chi connectivity index (χ3n) is 5.60. The molecule has 1 aliphatic heterocycles. The van der Waals surface area contributed by atoms with E-state index in [0.29, 0.717) is 24.6 Å². The molecule has 0 spiro atoms. The molecule has 0 bridgehead atoms. The van der Waals surface area contributed by atoms with Crippen molar-refractivity contribution in [2.24, 2.45) is 0 Å². The van der Waals surface area contributed by atoms with Crippen LogP contribution >= 0.6 is 15.9 Å². The number of fused-ring (bicyclic) bond motifs is 1. The molecule has 2 amide bonds. The zero-order valence-corrected chi connectivity index (χ0v) is 20.4. The third-order valence-corrected chi connectivity index (χ3v) is 6.25. The first-order chi connectivity index (χ1) is 15.9. The third kappa shape index (κ3) is 5.89. The van der Waals surface area contributed by atoms with E-state index in [4.69, 9.17) is 9.72 Å². The molecule has 4 rings (SSSR count). The highest BCUT2D eigenvalue weighted by molar-refractivity contribution is 9.10. The average Bonchev–Trinajstić information content (AvgIpc) is 2.80. The average molecular weight is 511 g/mol. The Balaban J connectivity index is 1.36. The van der Waals surface area contributed by atoms with Gasteiger partial charge in [0.05, 0.1) is 24.4 Å². The summed E-state index contributed by atoms with van der Waals surface area (Å²) in [6, 6.07) is 13.5. The number of carbonyl (C=O) groups excluding carboxylic acids is 2. The molecule has 1 aromatic heterocycles. The summed E-state index contributed by atoms with van der Waals surface area (Å²) in [7, 11) is 0. The highest BCUT2D eigenvalue weighted by Gasteiger charge is 2.15. The molecule has 2 aromatic carbocycles. The smallest absolute Gasteiger partial charge is 0.224 e. The minimum atomic E-state index is -0.206. The minimum Gasteiger partial charge on any atom is -0.378 e. The lowest BCUT2D eigenvalue weighted by molar-refractivity contribution is -0.121. The second-order valence-corrected chi connectivity index (χ2v) is 9.06. The van der Waals surface area contributed by atoms with Gasteiger partial charge in [-0.1, -0.05) is 6.07 Å². The van der Waals surface area contributed by atoms with E-state index < -0.39 is 0 Å². The summed E-state index contributed by atoms with van der Waals surface area (Å²) in [5.74, 6) is 0.540. The number of hydrogen-bond donors (Lipinski definition) is 2. The number of nitrogens with zero attached hydrogens (tertiary/aromatic N) is 2. The lowest BCUT2D eigenvalue weighted by Crippen LogP contribution is -2.36. The molecule has 0 atom stereocenters. The summed E-state index contributed by atoms with van der Waals surface area (Å²) >= 11 is 3.44. The van der Waals surface area contributed by atoms with Gasteiger partial charge in [-0.15, -0.1) is 0 Å². The summed E-state index contributed by atoms with van der Waals surface area (Å²) in [6.07, 6.45) is 0.198. The standard InChI is InChI=1S/C25H27BrN4O3/c1-16-3-5-22(20(26)13-16)29-25(32)8-7-24(31)27-18-4-6-21-19(15-18)17(2)14-23(28-21)30-9-11-33-12-10-30/h3-6,13-15H,7-12H2,1-2H3,(H,27,31)(H,29,32). The number of aromatic nitrogens is 1. The fraction of sp³-hybridized carbons (Fsp3) is 0.320. The molecule has 2 N–H and O–H groups in total. The second-order valence-electron chi connectivity index (χ2n) is 8.21. The topological polar surface area (TPSA) is 83.6 Å². The largest absolute Gasteiger partial charge is 0.378 e. The van der Waals surface area contributed by atoms with Crippen LogP contribution in [-0.2, 0) is 14.3 Å². The number of nitrogens with one attached hydrogen (secondary N) is 2. The fourth-order valence-corrected chi connectivity index (χ4v) is 4.39. The summed E-state index contributed by atoms with van der Waals surface area (Å²) in [4.78, 5) is 31.7. The van der Waals surface area contributed by atoms with Crippen molar-refractivity contribution in [3.05, 3.63) is 58.1 Å². The summed E-state index contributed by atoms with van der Waals surface area (Å²) in [5.41, 5.74) is 4.47. The number of benzene rings is 2. The molecule has 3 aromatic rings. The highest BCUT2D eigenvalue weighted by atomic mass is 79.9. The predicted molar refractivity (Wildman–Crippen MR) is 135 cm³/mol. The number of morpholine rings is 1. The Morgan fingerprint density at radius 1 is 1.00 bits per heavy atom. The van der Waals surface area contributed by atoms with E-state index in [1.165, 1.54) is 0 Å². The Morgan fingerprint density at radius 3 is 2.45 bits per heavy atom. The summed E-state index contributed by atoms with van der Waals surface area (Å²) in [6.45, 7) is 7.12. The van der Waals surface area contributed by atoms with Gasteiger partial charge in [0.1, 0.15) is 5.82 Å². The van der Waals surface area contributed by atoms with Crippen LogP contribution in [0.5, 0.6) is 0 Å². The van der Waals surface area contributed by atoms with E-state index in [2.05, 4.69) is 37.5 Å². The molecule has 172 valence electrons. The Hall–Kier alpha value is -2.97. The molecule has 0 radical (unpaired) electrons. The van der Waals surface area contributed by atoms with E-state index >= 15 is 0 Å². The quantitative estimate of drug-likeness (QED) is 0.497. The van der Waals surface area contributed by atoms with E-state index in [9.17, 15) is 9.59 Å². The first-order valence-electron chi connectivity index (χ1n) is 11.0. The number of amides is 2. The van der Waals surface area contributed by atoms with Crippen LogP contribution in [0.25, 0.3) is 10.9 Å². The molecule has 7 nitrogen and oxygen atoms in total. The maximum atomic E-state index is 12.4. The maximum Gasteiger partial charge on any atom is 0.224 e. The SMILES string of the molecule is Cc1ccc(NC(=O)CCC(=O)Nc2ccc3nc(N4CCOCC4)cc(C)c3c2)c(Br)c1. The molecule has 2 heterocycles. The van der Waals surface area contributed by atoms with Crippen LogP contribution in [0.3, 0.4) is 0 Å². The van der Waals surface area contributed by atoms with Gasteiger partial charge in [0.2, 0.25) is 11.8 Å². The minimum absolute atomic E-state index is 0.0978. The molecule has 8 heteroatoms. The molecule has 1 aliphatic rings. The van der Waals surface area contributed by atoms with Crippen molar-refractivity contribution < 1.29 is 14.3 Å². The van der Waals surface area contributed by atoms with Gasteiger partial charge in [-0.3, -0.25) is 9.59 Å². The second kappa shape index (κ2) is 10.3. The summed E-state index contributed by atoms with van der Waals surface area (Å²) < 4.78 is 6.25. The van der Waals surface area contributed by atoms with Crippen LogP contribution in [0, 0.1) is 13.8 Å². The van der Waals surface area contributed by atoms with Crippen LogP contribution in [0.2, 0.25) is 0 Å². The van der Waals surface area contributed by atoms with E-state index in [1.54, 1.807) is 0 Å². The van der Waals surface area contributed by atoms with Crippen molar-refractivity contribution in [1.82, 2.24) is 4.98 Å². The molecule has 0 unspecified atom stereocenters. The van der Waals surface area contributed by atoms with Gasteiger partial charge in [0, 0.05) is 41.5 Å². The normalized spacial score (nSPS) is 13.7. The van der Waals surface area contributed by atoms with Gasteiger partial charge < -0.3 is 20.3 Å². The first-order valence-corrected chi connectivity index (χ1v) is 11.8. The molecule has 0 aliphatic carbocycles. The van der Waals surface area contributed by atoms with Gasteiger partial charge >= 0.3 is 0 Å². The lowest BCUT2D eigenvalue weighted by Gasteiger charge is -2.28. The number of ether oxygens (including phenoxy) is 1. The van der Waals surface area contributed by atoms with Crippen molar-refractivity contribution in [1.29, 1.82) is 0 Å². The van der Waals surface area contributed by atoms with Crippen LogP contribution < -0.4 is 15.5 Å². The number of aryl methyl sites for hydroxylation is 2. The monoisotopic (exact) mass is 510 g/mol. The summed E-state index contributed by atoms with van der Waals surface area (Å²) in [5, 5.41) is 6.72. The zero-order chi connectivity index (χ0) is 23.4. The fourth-order valence-electron chi connectivity index (χ4n) is 3.79. The van der Waals surface area contributed by atoms with Crippen LogP contribution in [-0.4, -0.2) is 43.1 Å². The van der Waals surface area contributed by atoms with Gasteiger partial charge in [0.25, 0.3) is 0 Å². The van der Waals surface area contributed by atoms with E-state index in [-0.39, 0.29) is 24.7 Å². The number of hydrogen-bond acceptors (Lipinski definition) is 5. The van der Waals surface area contributed by atoms with Gasteiger partial charge in [0.15, 0.2) is 0 Å². The number of pyridine rings is 1. The molecular weight excluding hydrogens is 484 g/mol. The number of rotatable bonds is 6. The number of anilines is 3. The highest BCUT2D eigenvalue weighted by Crippen LogP contribution is 2.26. The maximum absolute atomic E-state index is 12.4. The first kappa shape index (κ1) is 23.2. The van der Waals surface area contributed by atoms with Crippen molar-refractivity contribution in [3.8, 4) is 0 Å². The Labute approximate surface area is 201 Å². The van der Waals surface area contributed by atoms with Crippen molar-refractivity contribution in [3.63, 3.8) is 0 Å². The van der Waals surface area contributed by atoms with E-state index in [1.807, 2.05) is 50.2 Å². The lowest BCUT2D eigenvalue weighted by atomic mass is 10.1. The zero-order valence-electron chi connectivity index (χ0n) is 18.8. The van der Waals surface area contributed by atoms with Gasteiger partial charge in [-0.05, 0) is 77.3 Å². The van der Waals surface area contributed by atoms with Crippen LogP contribution in [0.4, 0.5) is 17.2 Å². The van der Waals surface area contributed by atoms with Crippen molar-refractivity contribution in [2.45, 2.75) is 26.7 Å². The van der Waals surface area contributed by atoms with Crippen molar-refractivity contribution in [2.75, 3.05) is 41.8 Å². The van der Waals surface area contributed by atoms with Crippen LogP contribution in [0.15, 0.2) is 46.9 Å². The van der Waals surface area contributed by atoms with Gasteiger partial charge in [-0.2, -0.15) is 0 Å². The molecule has 1 fully saturated rings. The Bertz CT molecular complexity index is 1190. The predicted octanol–water partition coefficient (Wildman–Crippen LogP) is 4.81. The number of carbonyl (C=O) groups is 2. The van der Waals surface area contributed by atoms with Crippen molar-refractivity contribution >= 4 is 55.8 Å². The van der Waals surface area contributed by atoms with Gasteiger partial charge in [-0.25, -0.2) is 4.98 Å². The Morgan fingerprint density at radius 2 is 1.73 bits per heavy atom. The van der Waals surface area contributed by atoms with E-state index in [0.717, 1.165) is 45.4 Å². The molecular formula is C25H27BrN4O3. The number of halogens is 1. The molecule has 33 heavy (non-hydrogen) atoms. The molecule has 0 saturated carbocycles.